The van der Waals surface area contributed by atoms with E-state index in [9.17, 15) is 14.7 Å². The van der Waals surface area contributed by atoms with E-state index >= 15 is 0 Å². The van der Waals surface area contributed by atoms with Crippen molar-refractivity contribution in [2.75, 3.05) is 19.8 Å². The molecule has 3 N–H and O–H groups in total. The second-order valence-electron chi connectivity index (χ2n) is 10.1. The smallest absolute Gasteiger partial charge is 0.325 e. The van der Waals surface area contributed by atoms with Gasteiger partial charge in [0.25, 0.3) is 5.56 Å². The van der Waals surface area contributed by atoms with Gasteiger partial charge in [-0.1, -0.05) is 19.9 Å². The molecule has 1 aliphatic rings. The van der Waals surface area contributed by atoms with E-state index in [4.69, 9.17) is 14.5 Å². The summed E-state index contributed by atoms with van der Waals surface area (Å²) in [6.45, 7) is 10.2. The molecule has 0 amide bonds. The van der Waals surface area contributed by atoms with Gasteiger partial charge >= 0.3 is 5.97 Å². The first-order chi connectivity index (χ1) is 17.2. The highest BCUT2D eigenvalue weighted by atomic mass is 35.5. The summed E-state index contributed by atoms with van der Waals surface area (Å²) in [6, 6.07) is 7.06. The van der Waals surface area contributed by atoms with Gasteiger partial charge in [-0.05, 0) is 49.9 Å². The van der Waals surface area contributed by atoms with Crippen LogP contribution in [0.3, 0.4) is 0 Å². The molecule has 1 fully saturated rings. The Labute approximate surface area is 223 Å². The lowest BCUT2D eigenvalue weighted by molar-refractivity contribution is -0.150. The first kappa shape index (κ1) is 28.8. The molecule has 3 heterocycles. The summed E-state index contributed by atoms with van der Waals surface area (Å²) in [4.78, 5) is 32.1. The van der Waals surface area contributed by atoms with Crippen LogP contribution in [0.4, 0.5) is 0 Å². The van der Waals surface area contributed by atoms with Crippen molar-refractivity contribution in [3.8, 4) is 11.4 Å². The van der Waals surface area contributed by atoms with E-state index in [1.165, 1.54) is 0 Å². The third kappa shape index (κ3) is 6.98. The lowest BCUT2D eigenvalue weighted by Gasteiger charge is -2.20. The maximum absolute atomic E-state index is 12.4. The maximum Gasteiger partial charge on any atom is 0.325 e. The molecule has 0 aliphatic carbocycles. The van der Waals surface area contributed by atoms with Crippen molar-refractivity contribution in [1.82, 2.24) is 19.9 Å². The number of pyridine rings is 1. The Kier molecular flexibility index (Phi) is 9.89. The fourth-order valence-electron chi connectivity index (χ4n) is 4.42. The number of nitrogens with one attached hydrogen (secondary N) is 2. The molecule has 10 heteroatoms. The number of aryl methyl sites for hydroxylation is 1. The summed E-state index contributed by atoms with van der Waals surface area (Å²) >= 11 is 0. The van der Waals surface area contributed by atoms with Crippen LogP contribution in [0, 0.1) is 18.8 Å². The first-order valence-corrected chi connectivity index (χ1v) is 12.6. The average Bonchev–Trinajstić information content (AvgIpc) is 3.47. The van der Waals surface area contributed by atoms with Crippen molar-refractivity contribution in [2.24, 2.45) is 11.8 Å². The first-order valence-electron chi connectivity index (χ1n) is 12.6. The molecule has 2 aromatic heterocycles. The number of aromatic nitrogens is 3. The number of benzene rings is 1. The predicted octanol–water partition coefficient (Wildman–Crippen LogP) is 3.20. The molecule has 4 rings (SSSR count). The molecule has 1 saturated heterocycles. The molecule has 0 saturated carbocycles. The number of nitrogens with zero attached hydrogens (tertiary/aromatic N) is 2. The number of aromatic amines is 1. The summed E-state index contributed by atoms with van der Waals surface area (Å²) in [5, 5.41) is 13.3. The third-order valence-corrected chi connectivity index (χ3v) is 6.45. The van der Waals surface area contributed by atoms with Gasteiger partial charge in [-0.15, -0.1) is 12.4 Å². The van der Waals surface area contributed by atoms with Gasteiger partial charge in [-0.2, -0.15) is 0 Å². The highest BCUT2D eigenvalue weighted by Gasteiger charge is 2.25. The van der Waals surface area contributed by atoms with Crippen molar-refractivity contribution < 1.29 is 19.4 Å². The number of aliphatic hydroxyl groups is 1. The van der Waals surface area contributed by atoms with Crippen LogP contribution in [0.5, 0.6) is 0 Å². The molecule has 3 atom stereocenters. The Morgan fingerprint density at radius 2 is 2.11 bits per heavy atom. The standard InChI is InChI=1S/C27H36N4O5.ClH/c1-16(2)14-36-27(34)24(18(4)32)28-11-19-5-6-23-22(10-19)30-25(21-9-17(3)26(33)29-12-21)31(23)13-20-7-8-35-15-20;/h5-6,9-10,12,16,18,20,24,28,32H,7-8,11,13-15H2,1-4H3,(H,29,33);1H. The molecule has 0 bridgehead atoms. The minimum Gasteiger partial charge on any atom is -0.464 e. The maximum atomic E-state index is 12.4. The Morgan fingerprint density at radius 3 is 2.76 bits per heavy atom. The van der Waals surface area contributed by atoms with Crippen LogP contribution in [0.25, 0.3) is 22.4 Å². The molecule has 1 aromatic carbocycles. The highest BCUT2D eigenvalue weighted by molar-refractivity contribution is 5.85. The molecule has 37 heavy (non-hydrogen) atoms. The lowest BCUT2D eigenvalue weighted by atomic mass is 10.1. The Balaban J connectivity index is 0.00000380. The number of carbonyl (C=O) groups excluding carboxylic acids is 1. The number of carbonyl (C=O) groups is 1. The summed E-state index contributed by atoms with van der Waals surface area (Å²) in [5.41, 5.74) is 4.12. The van der Waals surface area contributed by atoms with Crippen molar-refractivity contribution in [1.29, 1.82) is 0 Å². The minimum absolute atomic E-state index is 0. The number of aliphatic hydroxyl groups excluding tert-OH is 1. The number of rotatable bonds is 10. The molecule has 0 radical (unpaired) electrons. The fourth-order valence-corrected chi connectivity index (χ4v) is 4.42. The monoisotopic (exact) mass is 532 g/mol. The highest BCUT2D eigenvalue weighted by Crippen LogP contribution is 2.28. The topological polar surface area (TPSA) is 118 Å². The molecule has 1 aliphatic heterocycles. The van der Waals surface area contributed by atoms with E-state index in [2.05, 4.69) is 14.9 Å². The minimum atomic E-state index is -0.892. The third-order valence-electron chi connectivity index (χ3n) is 6.45. The molecular weight excluding hydrogens is 496 g/mol. The Bertz CT molecular complexity index is 1260. The second kappa shape index (κ2) is 12.7. The Morgan fingerprint density at radius 1 is 1.32 bits per heavy atom. The van der Waals surface area contributed by atoms with Crippen LogP contribution in [0.2, 0.25) is 0 Å². The largest absolute Gasteiger partial charge is 0.464 e. The van der Waals surface area contributed by atoms with Gasteiger partial charge in [-0.3, -0.25) is 14.9 Å². The van der Waals surface area contributed by atoms with Gasteiger partial charge in [0.1, 0.15) is 11.9 Å². The van der Waals surface area contributed by atoms with E-state index in [0.717, 1.165) is 54.2 Å². The van der Waals surface area contributed by atoms with Gasteiger partial charge in [-0.25, -0.2) is 4.98 Å². The van der Waals surface area contributed by atoms with Gasteiger partial charge in [0.05, 0.1) is 30.4 Å². The number of H-pyrrole nitrogens is 1. The van der Waals surface area contributed by atoms with Crippen LogP contribution in [0.15, 0.2) is 35.3 Å². The number of halogens is 1. The molecule has 0 spiro atoms. The fraction of sp³-hybridized carbons (Fsp3) is 0.519. The average molecular weight is 533 g/mol. The van der Waals surface area contributed by atoms with Crippen LogP contribution in [-0.4, -0.2) is 57.6 Å². The molecule has 202 valence electrons. The number of hydrogen-bond donors (Lipinski definition) is 3. The predicted molar refractivity (Wildman–Crippen MR) is 145 cm³/mol. The second-order valence-corrected chi connectivity index (χ2v) is 10.1. The van der Waals surface area contributed by atoms with Crippen molar-refractivity contribution in [3.05, 3.63) is 51.9 Å². The summed E-state index contributed by atoms with van der Waals surface area (Å²) in [5.74, 6) is 0.950. The zero-order valence-corrected chi connectivity index (χ0v) is 22.6. The number of imidazole rings is 1. The van der Waals surface area contributed by atoms with Gasteiger partial charge in [0.2, 0.25) is 0 Å². The van der Waals surface area contributed by atoms with Crippen molar-refractivity contribution in [2.45, 2.75) is 59.4 Å². The van der Waals surface area contributed by atoms with Crippen molar-refractivity contribution >= 4 is 29.4 Å². The zero-order chi connectivity index (χ0) is 25.8. The number of fused-ring (bicyclic) bond motifs is 1. The lowest BCUT2D eigenvalue weighted by Crippen LogP contribution is -2.45. The normalized spacial score (nSPS) is 17.1. The molecule has 9 nitrogen and oxygen atoms in total. The van der Waals surface area contributed by atoms with Crippen LogP contribution >= 0.6 is 12.4 Å². The van der Waals surface area contributed by atoms with Crippen LogP contribution in [-0.2, 0) is 27.4 Å². The summed E-state index contributed by atoms with van der Waals surface area (Å²) < 4.78 is 13.1. The van der Waals surface area contributed by atoms with Crippen LogP contribution in [0.1, 0.15) is 38.3 Å². The zero-order valence-electron chi connectivity index (χ0n) is 21.8. The molecule has 3 unspecified atom stereocenters. The van der Waals surface area contributed by atoms with Gasteiger partial charge in [0, 0.05) is 42.9 Å². The van der Waals surface area contributed by atoms with Gasteiger partial charge < -0.3 is 24.1 Å². The summed E-state index contributed by atoms with van der Waals surface area (Å²) in [7, 11) is 0. The number of esters is 1. The number of ether oxygens (including phenoxy) is 2. The van der Waals surface area contributed by atoms with Crippen molar-refractivity contribution in [3.63, 3.8) is 0 Å². The Hall–Kier alpha value is -2.72. The number of hydrogen-bond acceptors (Lipinski definition) is 7. The van der Waals surface area contributed by atoms with E-state index < -0.39 is 18.1 Å². The van der Waals surface area contributed by atoms with E-state index in [1.807, 2.05) is 38.1 Å². The van der Waals surface area contributed by atoms with Gasteiger partial charge in [0.15, 0.2) is 0 Å². The quantitative estimate of drug-likeness (QED) is 0.343. The molecular formula is C27H37ClN4O5. The van der Waals surface area contributed by atoms with Crippen LogP contribution < -0.4 is 10.9 Å². The van der Waals surface area contributed by atoms with E-state index in [0.29, 0.717) is 24.6 Å². The summed E-state index contributed by atoms with van der Waals surface area (Å²) in [6.07, 6.45) is 1.81. The SMILES string of the molecule is Cc1cc(-c2nc3cc(CNC(C(=O)OCC(C)C)C(C)O)ccc3n2CC2CCOC2)c[nH]c1=O.Cl. The molecule has 3 aromatic rings. The van der Waals surface area contributed by atoms with E-state index in [1.54, 1.807) is 20.0 Å². The van der Waals surface area contributed by atoms with E-state index in [-0.39, 0.29) is 23.9 Å².